The molecular formula is C15H19ClN2O2. The molecule has 1 aromatic heterocycles. The lowest BCUT2D eigenvalue weighted by Crippen LogP contribution is -2.17. The number of aromatic nitrogens is 2. The van der Waals surface area contributed by atoms with Crippen molar-refractivity contribution in [3.8, 4) is 5.75 Å². The van der Waals surface area contributed by atoms with Crippen LogP contribution in [0.15, 0.2) is 18.2 Å². The van der Waals surface area contributed by atoms with Gasteiger partial charge in [0, 0.05) is 18.9 Å². The van der Waals surface area contributed by atoms with E-state index < -0.39 is 0 Å². The molecule has 2 aromatic rings. The van der Waals surface area contributed by atoms with Crippen molar-refractivity contribution in [3.05, 3.63) is 24.0 Å². The van der Waals surface area contributed by atoms with Crippen molar-refractivity contribution in [2.24, 2.45) is 0 Å². The van der Waals surface area contributed by atoms with Gasteiger partial charge >= 0.3 is 0 Å². The number of hydrogen-bond donors (Lipinski definition) is 0. The van der Waals surface area contributed by atoms with Gasteiger partial charge < -0.3 is 14.0 Å². The minimum Gasteiger partial charge on any atom is -0.494 e. The monoisotopic (exact) mass is 294 g/mol. The summed E-state index contributed by atoms with van der Waals surface area (Å²) >= 11 is 5.91. The highest BCUT2D eigenvalue weighted by molar-refractivity contribution is 6.17. The van der Waals surface area contributed by atoms with E-state index in [0.717, 1.165) is 55.0 Å². The first kappa shape index (κ1) is 13.7. The fourth-order valence-corrected chi connectivity index (χ4v) is 2.97. The first-order valence-corrected chi connectivity index (χ1v) is 7.56. The molecule has 0 N–H and O–H groups in total. The van der Waals surface area contributed by atoms with Crippen LogP contribution in [0.5, 0.6) is 5.75 Å². The average molecular weight is 295 g/mol. The molecule has 0 aliphatic carbocycles. The van der Waals surface area contributed by atoms with Crippen LogP contribution in [0.1, 0.15) is 18.7 Å². The molecule has 0 saturated carbocycles. The Morgan fingerprint density at radius 2 is 2.40 bits per heavy atom. The van der Waals surface area contributed by atoms with Crippen molar-refractivity contribution in [1.29, 1.82) is 0 Å². The maximum atomic E-state index is 5.91. The lowest BCUT2D eigenvalue weighted by Gasteiger charge is -2.13. The molecule has 0 radical (unpaired) electrons. The normalized spacial score (nSPS) is 18.8. The number of alkyl halides is 1. The molecule has 20 heavy (non-hydrogen) atoms. The number of ether oxygens (including phenoxy) is 2. The molecule has 4 nitrogen and oxygen atoms in total. The third kappa shape index (κ3) is 2.50. The maximum absolute atomic E-state index is 5.91. The minimum absolute atomic E-state index is 0.285. The molecule has 0 amide bonds. The Labute approximate surface area is 123 Å². The molecule has 1 aliphatic heterocycles. The molecule has 0 bridgehead atoms. The van der Waals surface area contributed by atoms with Gasteiger partial charge in [-0.2, -0.15) is 0 Å². The number of imidazole rings is 1. The summed E-state index contributed by atoms with van der Waals surface area (Å²) in [6, 6.07) is 6.02. The number of nitrogens with zero attached hydrogens (tertiary/aromatic N) is 2. The second kappa shape index (κ2) is 6.02. The Morgan fingerprint density at radius 3 is 3.10 bits per heavy atom. The molecule has 2 heterocycles. The summed E-state index contributed by atoms with van der Waals surface area (Å²) in [6.45, 7) is 1.71. The van der Waals surface area contributed by atoms with Crippen LogP contribution in [0.4, 0.5) is 0 Å². The Kier molecular flexibility index (Phi) is 4.13. The first-order chi connectivity index (χ1) is 9.83. The van der Waals surface area contributed by atoms with Crippen LogP contribution in [0.25, 0.3) is 11.0 Å². The molecule has 5 heteroatoms. The van der Waals surface area contributed by atoms with E-state index in [1.807, 2.05) is 12.1 Å². The third-order valence-electron chi connectivity index (χ3n) is 3.77. The van der Waals surface area contributed by atoms with Crippen molar-refractivity contribution in [2.75, 3.05) is 19.6 Å². The van der Waals surface area contributed by atoms with Gasteiger partial charge in [0.05, 0.1) is 25.3 Å². The average Bonchev–Trinajstić information content (AvgIpc) is 3.08. The van der Waals surface area contributed by atoms with Gasteiger partial charge in [0.1, 0.15) is 17.1 Å². The van der Waals surface area contributed by atoms with E-state index in [0.29, 0.717) is 5.88 Å². The summed E-state index contributed by atoms with van der Waals surface area (Å²) in [6.07, 6.45) is 3.30. The largest absolute Gasteiger partial charge is 0.494 e. The second-order valence-corrected chi connectivity index (χ2v) is 5.42. The van der Waals surface area contributed by atoms with Crippen molar-refractivity contribution in [3.63, 3.8) is 0 Å². The fraction of sp³-hybridized carbons (Fsp3) is 0.533. The molecule has 0 spiro atoms. The maximum Gasteiger partial charge on any atom is 0.146 e. The summed E-state index contributed by atoms with van der Waals surface area (Å²) < 4.78 is 13.4. The number of hydrogen-bond acceptors (Lipinski definition) is 3. The summed E-state index contributed by atoms with van der Waals surface area (Å²) in [5, 5.41) is 0. The van der Waals surface area contributed by atoms with Gasteiger partial charge in [-0.15, -0.1) is 11.6 Å². The second-order valence-electron chi connectivity index (χ2n) is 5.04. The lowest BCUT2D eigenvalue weighted by molar-refractivity contribution is 0.0972. The zero-order chi connectivity index (χ0) is 13.9. The molecule has 1 aliphatic rings. The summed E-state index contributed by atoms with van der Waals surface area (Å²) in [4.78, 5) is 4.71. The number of fused-ring (bicyclic) bond motifs is 1. The van der Waals surface area contributed by atoms with Gasteiger partial charge in [0.2, 0.25) is 0 Å². The molecule has 3 rings (SSSR count). The van der Waals surface area contributed by atoms with Crippen molar-refractivity contribution in [2.45, 2.75) is 31.9 Å². The zero-order valence-corrected chi connectivity index (χ0v) is 12.4. The van der Waals surface area contributed by atoms with Crippen LogP contribution in [0, 0.1) is 0 Å². The number of rotatable bonds is 5. The van der Waals surface area contributed by atoms with Crippen molar-refractivity contribution >= 4 is 22.6 Å². The number of aryl methyl sites for hydroxylation is 1. The van der Waals surface area contributed by atoms with Crippen LogP contribution in [0.3, 0.4) is 0 Å². The summed E-state index contributed by atoms with van der Waals surface area (Å²) in [5.41, 5.74) is 2.01. The van der Waals surface area contributed by atoms with E-state index in [-0.39, 0.29) is 6.10 Å². The Bertz CT molecular complexity index is 591. The van der Waals surface area contributed by atoms with Gasteiger partial charge in [0.15, 0.2) is 0 Å². The van der Waals surface area contributed by atoms with E-state index >= 15 is 0 Å². The van der Waals surface area contributed by atoms with Gasteiger partial charge in [-0.3, -0.25) is 0 Å². The SMILES string of the molecule is COc1cccc2c1nc(CCCl)n2CC1CCCO1. The van der Waals surface area contributed by atoms with E-state index in [4.69, 9.17) is 26.1 Å². The molecule has 1 saturated heterocycles. The number of methoxy groups -OCH3 is 1. The quantitative estimate of drug-likeness (QED) is 0.795. The van der Waals surface area contributed by atoms with E-state index in [9.17, 15) is 0 Å². The van der Waals surface area contributed by atoms with Crippen LogP contribution in [-0.4, -0.2) is 35.3 Å². The fourth-order valence-electron chi connectivity index (χ4n) is 2.81. The van der Waals surface area contributed by atoms with Gasteiger partial charge in [-0.05, 0) is 25.0 Å². The molecular weight excluding hydrogens is 276 g/mol. The highest BCUT2D eigenvalue weighted by Gasteiger charge is 2.20. The summed E-state index contributed by atoms with van der Waals surface area (Å²) in [5.74, 6) is 2.39. The van der Waals surface area contributed by atoms with Crippen molar-refractivity contribution < 1.29 is 9.47 Å². The van der Waals surface area contributed by atoms with Crippen LogP contribution >= 0.6 is 11.6 Å². The molecule has 1 aromatic carbocycles. The Morgan fingerprint density at radius 1 is 1.50 bits per heavy atom. The first-order valence-electron chi connectivity index (χ1n) is 7.03. The number of halogens is 1. The minimum atomic E-state index is 0.285. The van der Waals surface area contributed by atoms with Crippen LogP contribution in [-0.2, 0) is 17.7 Å². The molecule has 1 unspecified atom stereocenters. The highest BCUT2D eigenvalue weighted by Crippen LogP contribution is 2.27. The Balaban J connectivity index is 2.03. The highest BCUT2D eigenvalue weighted by atomic mass is 35.5. The van der Waals surface area contributed by atoms with E-state index in [2.05, 4.69) is 10.6 Å². The molecule has 108 valence electrons. The summed E-state index contributed by atoms with van der Waals surface area (Å²) in [7, 11) is 1.68. The number of benzene rings is 1. The predicted molar refractivity (Wildman–Crippen MR) is 79.7 cm³/mol. The van der Waals surface area contributed by atoms with Gasteiger partial charge in [-0.1, -0.05) is 6.07 Å². The standard InChI is InChI=1S/C15H19ClN2O2/c1-19-13-6-2-5-12-15(13)17-14(7-8-16)18(12)10-11-4-3-9-20-11/h2,5-6,11H,3-4,7-10H2,1H3. The number of para-hydroxylation sites is 1. The van der Waals surface area contributed by atoms with Crippen LogP contribution in [0.2, 0.25) is 0 Å². The van der Waals surface area contributed by atoms with E-state index in [1.165, 1.54) is 0 Å². The van der Waals surface area contributed by atoms with Crippen molar-refractivity contribution in [1.82, 2.24) is 9.55 Å². The molecule has 1 atom stereocenters. The predicted octanol–water partition coefficient (Wildman–Crippen LogP) is 3.01. The Hall–Kier alpha value is -1.26. The zero-order valence-electron chi connectivity index (χ0n) is 11.6. The van der Waals surface area contributed by atoms with Gasteiger partial charge in [-0.25, -0.2) is 4.98 Å². The topological polar surface area (TPSA) is 36.3 Å². The van der Waals surface area contributed by atoms with Crippen LogP contribution < -0.4 is 4.74 Å². The third-order valence-corrected chi connectivity index (χ3v) is 3.96. The van der Waals surface area contributed by atoms with Gasteiger partial charge in [0.25, 0.3) is 0 Å². The smallest absolute Gasteiger partial charge is 0.146 e. The van der Waals surface area contributed by atoms with E-state index in [1.54, 1.807) is 7.11 Å². The molecule has 1 fully saturated rings. The lowest BCUT2D eigenvalue weighted by atomic mass is 10.2.